The number of pyridine rings is 1. The van der Waals surface area contributed by atoms with Crippen LogP contribution in [-0.2, 0) is 0 Å². The van der Waals surface area contributed by atoms with Gasteiger partial charge in [-0.2, -0.15) is 0 Å². The molecule has 2 aromatic heterocycles. The summed E-state index contributed by atoms with van der Waals surface area (Å²) in [6, 6.07) is 11.8. The quantitative estimate of drug-likeness (QED) is 0.786. The van der Waals surface area contributed by atoms with Gasteiger partial charge in [-0.25, -0.2) is 4.39 Å². The summed E-state index contributed by atoms with van der Waals surface area (Å²) in [4.78, 5) is 14.5. The third-order valence-electron chi connectivity index (χ3n) is 4.81. The molecule has 0 spiro atoms. The van der Waals surface area contributed by atoms with E-state index >= 15 is 0 Å². The molecule has 1 N–H and O–H groups in total. The average Bonchev–Trinajstić information content (AvgIpc) is 3.08. The highest BCUT2D eigenvalue weighted by Gasteiger charge is 2.24. The van der Waals surface area contributed by atoms with Gasteiger partial charge in [0.1, 0.15) is 5.82 Å². The number of halogens is 1. The molecule has 1 saturated heterocycles. The Balaban J connectivity index is 1.42. The van der Waals surface area contributed by atoms with Gasteiger partial charge in [0.25, 0.3) is 5.91 Å². The second-order valence-electron chi connectivity index (χ2n) is 6.61. The largest absolute Gasteiger partial charge is 0.349 e. The van der Waals surface area contributed by atoms with Crippen LogP contribution in [0.25, 0.3) is 5.65 Å². The number of nitrogens with one attached hydrogen (secondary N) is 1. The lowest BCUT2D eigenvalue weighted by Gasteiger charge is -2.32. The predicted octanol–water partition coefficient (Wildman–Crippen LogP) is 2.58. The molecule has 6 nitrogen and oxygen atoms in total. The SMILES string of the molecule is Cc1cccc2nnc(N3CCC(NC(=O)c4cccc(F)c4)CC3)n12. The Labute approximate surface area is 150 Å². The van der Waals surface area contributed by atoms with Crippen LogP contribution >= 0.6 is 0 Å². The molecule has 1 aliphatic heterocycles. The summed E-state index contributed by atoms with van der Waals surface area (Å²) in [6.45, 7) is 3.60. The molecule has 0 saturated carbocycles. The number of carbonyl (C=O) groups is 1. The van der Waals surface area contributed by atoms with Gasteiger partial charge < -0.3 is 10.2 Å². The molecular formula is C19H20FN5O. The van der Waals surface area contributed by atoms with E-state index in [1.165, 1.54) is 12.1 Å². The lowest BCUT2D eigenvalue weighted by molar-refractivity contribution is 0.0930. The summed E-state index contributed by atoms with van der Waals surface area (Å²) >= 11 is 0. The first-order valence-corrected chi connectivity index (χ1v) is 8.74. The molecule has 134 valence electrons. The van der Waals surface area contributed by atoms with Crippen molar-refractivity contribution in [2.24, 2.45) is 0 Å². The lowest BCUT2D eigenvalue weighted by atomic mass is 10.0. The van der Waals surface area contributed by atoms with Gasteiger partial charge in [-0.3, -0.25) is 9.20 Å². The Kier molecular flexibility index (Phi) is 4.28. The van der Waals surface area contributed by atoms with E-state index in [1.54, 1.807) is 12.1 Å². The van der Waals surface area contributed by atoms with Gasteiger partial charge >= 0.3 is 0 Å². The maximum absolute atomic E-state index is 13.3. The Morgan fingerprint density at radius 3 is 2.69 bits per heavy atom. The summed E-state index contributed by atoms with van der Waals surface area (Å²) in [5.41, 5.74) is 2.28. The first-order chi connectivity index (χ1) is 12.6. The molecule has 4 rings (SSSR count). The van der Waals surface area contributed by atoms with Gasteiger partial charge in [0.05, 0.1) is 0 Å². The van der Waals surface area contributed by atoms with Crippen molar-refractivity contribution in [3.63, 3.8) is 0 Å². The molecule has 3 aromatic rings. The van der Waals surface area contributed by atoms with Crippen LogP contribution in [0.4, 0.5) is 10.3 Å². The third-order valence-corrected chi connectivity index (χ3v) is 4.81. The Hall–Kier alpha value is -2.96. The first kappa shape index (κ1) is 16.5. The van der Waals surface area contributed by atoms with Crippen LogP contribution < -0.4 is 10.2 Å². The molecule has 0 aliphatic carbocycles. The molecule has 0 radical (unpaired) electrons. The van der Waals surface area contributed by atoms with E-state index in [0.29, 0.717) is 5.56 Å². The van der Waals surface area contributed by atoms with Crippen molar-refractivity contribution in [1.29, 1.82) is 0 Å². The maximum Gasteiger partial charge on any atom is 0.251 e. The summed E-state index contributed by atoms with van der Waals surface area (Å²) in [5, 5.41) is 11.6. The fourth-order valence-corrected chi connectivity index (χ4v) is 3.41. The highest BCUT2D eigenvalue weighted by atomic mass is 19.1. The molecule has 0 bridgehead atoms. The normalized spacial score (nSPS) is 15.4. The van der Waals surface area contributed by atoms with Crippen molar-refractivity contribution >= 4 is 17.5 Å². The average molecular weight is 353 g/mol. The van der Waals surface area contributed by atoms with Crippen LogP contribution in [0.3, 0.4) is 0 Å². The van der Waals surface area contributed by atoms with Gasteiger partial charge in [0, 0.05) is 30.4 Å². The molecule has 26 heavy (non-hydrogen) atoms. The molecule has 1 aliphatic rings. The summed E-state index contributed by atoms with van der Waals surface area (Å²) in [7, 11) is 0. The number of piperidine rings is 1. The monoisotopic (exact) mass is 353 g/mol. The number of aryl methyl sites for hydroxylation is 1. The Morgan fingerprint density at radius 2 is 1.92 bits per heavy atom. The van der Waals surface area contributed by atoms with Gasteiger partial charge in [-0.1, -0.05) is 12.1 Å². The van der Waals surface area contributed by atoms with E-state index in [9.17, 15) is 9.18 Å². The second kappa shape index (κ2) is 6.74. The minimum Gasteiger partial charge on any atom is -0.349 e. The van der Waals surface area contributed by atoms with Crippen molar-refractivity contribution < 1.29 is 9.18 Å². The zero-order valence-corrected chi connectivity index (χ0v) is 14.5. The molecule has 1 aromatic carbocycles. The van der Waals surface area contributed by atoms with Crippen molar-refractivity contribution in [1.82, 2.24) is 19.9 Å². The number of benzene rings is 1. The maximum atomic E-state index is 13.3. The van der Waals surface area contributed by atoms with Crippen LogP contribution in [0, 0.1) is 12.7 Å². The second-order valence-corrected chi connectivity index (χ2v) is 6.61. The topological polar surface area (TPSA) is 62.5 Å². The molecule has 3 heterocycles. The smallest absolute Gasteiger partial charge is 0.251 e. The third kappa shape index (κ3) is 3.12. The molecular weight excluding hydrogens is 333 g/mol. The van der Waals surface area contributed by atoms with E-state index in [0.717, 1.165) is 43.2 Å². The summed E-state index contributed by atoms with van der Waals surface area (Å²) < 4.78 is 15.3. The van der Waals surface area contributed by atoms with Crippen molar-refractivity contribution in [2.45, 2.75) is 25.8 Å². The van der Waals surface area contributed by atoms with Crippen molar-refractivity contribution in [2.75, 3.05) is 18.0 Å². The van der Waals surface area contributed by atoms with Crippen LogP contribution in [0.1, 0.15) is 28.9 Å². The van der Waals surface area contributed by atoms with E-state index in [2.05, 4.69) is 20.4 Å². The fraction of sp³-hybridized carbons (Fsp3) is 0.316. The lowest BCUT2D eigenvalue weighted by Crippen LogP contribution is -2.45. The van der Waals surface area contributed by atoms with Gasteiger partial charge in [0.2, 0.25) is 5.95 Å². The van der Waals surface area contributed by atoms with E-state index < -0.39 is 5.82 Å². The van der Waals surface area contributed by atoms with Gasteiger partial charge in [-0.15, -0.1) is 10.2 Å². The zero-order valence-electron chi connectivity index (χ0n) is 14.5. The van der Waals surface area contributed by atoms with Crippen LogP contribution in [-0.4, -0.2) is 39.6 Å². The molecule has 1 amide bonds. The minimum absolute atomic E-state index is 0.0716. The Bertz CT molecular complexity index is 946. The van der Waals surface area contributed by atoms with Gasteiger partial charge in [-0.05, 0) is 50.1 Å². The van der Waals surface area contributed by atoms with E-state index in [-0.39, 0.29) is 11.9 Å². The standard InChI is InChI=1S/C19H20FN5O/c1-13-4-2-7-17-22-23-19(25(13)17)24-10-8-16(9-11-24)21-18(26)14-5-3-6-15(20)12-14/h2-7,12,16H,8-11H2,1H3,(H,21,26). The number of fused-ring (bicyclic) bond motifs is 1. The molecule has 1 fully saturated rings. The number of hydrogen-bond donors (Lipinski definition) is 1. The highest BCUT2D eigenvalue weighted by molar-refractivity contribution is 5.94. The van der Waals surface area contributed by atoms with Crippen molar-refractivity contribution in [3.05, 3.63) is 59.5 Å². The number of amides is 1. The molecule has 0 atom stereocenters. The van der Waals surface area contributed by atoms with E-state index in [1.807, 2.05) is 29.5 Å². The van der Waals surface area contributed by atoms with Crippen LogP contribution in [0.2, 0.25) is 0 Å². The van der Waals surface area contributed by atoms with Crippen LogP contribution in [0.15, 0.2) is 42.5 Å². The number of carbonyl (C=O) groups excluding carboxylic acids is 1. The predicted molar refractivity (Wildman–Crippen MR) is 96.8 cm³/mol. The van der Waals surface area contributed by atoms with Crippen LogP contribution in [0.5, 0.6) is 0 Å². The highest BCUT2D eigenvalue weighted by Crippen LogP contribution is 2.21. The number of nitrogens with zero attached hydrogens (tertiary/aromatic N) is 4. The number of rotatable bonds is 3. The molecule has 7 heteroatoms. The fourth-order valence-electron chi connectivity index (χ4n) is 3.41. The number of aromatic nitrogens is 3. The minimum atomic E-state index is -0.401. The van der Waals surface area contributed by atoms with Gasteiger partial charge in [0.15, 0.2) is 5.65 Å². The zero-order chi connectivity index (χ0) is 18.1. The summed E-state index contributed by atoms with van der Waals surface area (Å²) in [5.74, 6) is 0.209. The summed E-state index contributed by atoms with van der Waals surface area (Å²) in [6.07, 6.45) is 1.61. The molecule has 0 unspecified atom stereocenters. The Morgan fingerprint density at radius 1 is 1.15 bits per heavy atom. The number of hydrogen-bond acceptors (Lipinski definition) is 4. The first-order valence-electron chi connectivity index (χ1n) is 8.74. The number of anilines is 1. The van der Waals surface area contributed by atoms with Crippen molar-refractivity contribution in [3.8, 4) is 0 Å². The van der Waals surface area contributed by atoms with E-state index in [4.69, 9.17) is 0 Å².